The van der Waals surface area contributed by atoms with Gasteiger partial charge in [-0.25, -0.2) is 0 Å². The van der Waals surface area contributed by atoms with Gasteiger partial charge in [0.05, 0.1) is 0 Å². The highest BCUT2D eigenvalue weighted by atomic mass is 16.2. The van der Waals surface area contributed by atoms with Crippen LogP contribution in [0.15, 0.2) is 30.3 Å². The summed E-state index contributed by atoms with van der Waals surface area (Å²) < 4.78 is 0. The smallest absolute Gasteiger partial charge is 0.222 e. The fraction of sp³-hybridized carbons (Fsp3) is 0.562. The van der Waals surface area contributed by atoms with E-state index in [0.29, 0.717) is 13.0 Å². The summed E-state index contributed by atoms with van der Waals surface area (Å²) in [7, 11) is 1.90. The molecule has 3 nitrogen and oxygen atoms in total. The van der Waals surface area contributed by atoms with Crippen LogP contribution in [0.3, 0.4) is 0 Å². The highest BCUT2D eigenvalue weighted by molar-refractivity contribution is 5.75. The maximum atomic E-state index is 12.0. The Kier molecular flexibility index (Phi) is 4.59. The minimum Gasteiger partial charge on any atom is -0.345 e. The number of hydrogen-bond acceptors (Lipinski definition) is 2. The number of aryl methyl sites for hydroxylation is 1. The van der Waals surface area contributed by atoms with Gasteiger partial charge < -0.3 is 10.6 Å². The summed E-state index contributed by atoms with van der Waals surface area (Å²) in [6.07, 6.45) is 4.87. The van der Waals surface area contributed by atoms with Crippen molar-refractivity contribution < 1.29 is 4.79 Å². The van der Waals surface area contributed by atoms with E-state index in [0.717, 1.165) is 19.4 Å². The topological polar surface area (TPSA) is 46.3 Å². The number of rotatable bonds is 7. The van der Waals surface area contributed by atoms with Crippen LogP contribution in [0.25, 0.3) is 0 Å². The van der Waals surface area contributed by atoms with Crippen LogP contribution in [0.2, 0.25) is 0 Å². The lowest BCUT2D eigenvalue weighted by Crippen LogP contribution is -2.35. The Morgan fingerprint density at radius 3 is 2.58 bits per heavy atom. The van der Waals surface area contributed by atoms with Gasteiger partial charge in [-0.15, -0.1) is 0 Å². The number of carbonyl (C=O) groups excluding carboxylic acids is 1. The second kappa shape index (κ2) is 6.20. The Bertz CT molecular complexity index is 412. The molecule has 1 aliphatic rings. The third-order valence-corrected chi connectivity index (χ3v) is 4.09. The van der Waals surface area contributed by atoms with Crippen LogP contribution in [0.4, 0.5) is 0 Å². The van der Waals surface area contributed by atoms with E-state index in [1.54, 1.807) is 0 Å². The molecule has 1 saturated carbocycles. The van der Waals surface area contributed by atoms with Crippen LogP contribution in [-0.4, -0.2) is 30.9 Å². The SMILES string of the molecule is CN(CC1(CN)CC1)C(=O)CCCc1ccccc1. The number of nitrogens with zero attached hydrogens (tertiary/aromatic N) is 1. The molecule has 0 radical (unpaired) electrons. The van der Waals surface area contributed by atoms with Gasteiger partial charge in [0.15, 0.2) is 0 Å². The molecule has 1 fully saturated rings. The van der Waals surface area contributed by atoms with Gasteiger partial charge >= 0.3 is 0 Å². The van der Waals surface area contributed by atoms with E-state index in [-0.39, 0.29) is 11.3 Å². The molecule has 0 spiro atoms. The highest BCUT2D eigenvalue weighted by Gasteiger charge is 2.42. The molecule has 3 heteroatoms. The van der Waals surface area contributed by atoms with Gasteiger partial charge in [-0.3, -0.25) is 4.79 Å². The average molecular weight is 260 g/mol. The first kappa shape index (κ1) is 14.1. The van der Waals surface area contributed by atoms with Crippen molar-refractivity contribution in [3.05, 3.63) is 35.9 Å². The summed E-state index contributed by atoms with van der Waals surface area (Å²) in [5, 5.41) is 0. The zero-order valence-electron chi connectivity index (χ0n) is 11.8. The molecule has 19 heavy (non-hydrogen) atoms. The van der Waals surface area contributed by atoms with Gasteiger partial charge in [-0.1, -0.05) is 30.3 Å². The zero-order chi connectivity index (χ0) is 13.7. The van der Waals surface area contributed by atoms with Gasteiger partial charge in [0.25, 0.3) is 0 Å². The van der Waals surface area contributed by atoms with E-state index >= 15 is 0 Å². The van der Waals surface area contributed by atoms with Crippen molar-refractivity contribution in [3.63, 3.8) is 0 Å². The molecule has 0 aromatic heterocycles. The normalized spacial score (nSPS) is 16.1. The van der Waals surface area contributed by atoms with Crippen molar-refractivity contribution in [2.45, 2.75) is 32.1 Å². The number of amides is 1. The Morgan fingerprint density at radius 2 is 2.00 bits per heavy atom. The summed E-state index contributed by atoms with van der Waals surface area (Å²) in [4.78, 5) is 13.9. The predicted molar refractivity (Wildman–Crippen MR) is 77.7 cm³/mol. The first-order valence-electron chi connectivity index (χ1n) is 7.13. The van der Waals surface area contributed by atoms with Crippen LogP contribution in [0.1, 0.15) is 31.2 Å². The second-order valence-corrected chi connectivity index (χ2v) is 5.79. The van der Waals surface area contributed by atoms with Crippen LogP contribution in [-0.2, 0) is 11.2 Å². The van der Waals surface area contributed by atoms with Gasteiger partial charge in [0, 0.05) is 25.4 Å². The largest absolute Gasteiger partial charge is 0.345 e. The van der Waals surface area contributed by atoms with E-state index in [2.05, 4.69) is 12.1 Å². The van der Waals surface area contributed by atoms with Crippen molar-refractivity contribution in [2.75, 3.05) is 20.1 Å². The Balaban J connectivity index is 1.69. The van der Waals surface area contributed by atoms with Crippen molar-refractivity contribution in [3.8, 4) is 0 Å². The van der Waals surface area contributed by atoms with E-state index in [1.165, 1.54) is 18.4 Å². The van der Waals surface area contributed by atoms with Crippen LogP contribution in [0, 0.1) is 5.41 Å². The monoisotopic (exact) mass is 260 g/mol. The van der Waals surface area contributed by atoms with Gasteiger partial charge in [-0.2, -0.15) is 0 Å². The summed E-state index contributed by atoms with van der Waals surface area (Å²) >= 11 is 0. The fourth-order valence-corrected chi connectivity index (χ4v) is 2.47. The maximum absolute atomic E-state index is 12.0. The van der Waals surface area contributed by atoms with Gasteiger partial charge in [0.2, 0.25) is 5.91 Å². The van der Waals surface area contributed by atoms with E-state index in [1.807, 2.05) is 30.1 Å². The molecule has 1 amide bonds. The molecule has 0 bridgehead atoms. The molecule has 2 N–H and O–H groups in total. The summed E-state index contributed by atoms with van der Waals surface area (Å²) in [6.45, 7) is 1.53. The molecule has 1 aromatic rings. The summed E-state index contributed by atoms with van der Waals surface area (Å²) in [6, 6.07) is 10.3. The molecule has 0 unspecified atom stereocenters. The Labute approximate surface area is 115 Å². The summed E-state index contributed by atoms with van der Waals surface area (Å²) in [5.41, 5.74) is 7.30. The third kappa shape index (κ3) is 4.06. The quantitative estimate of drug-likeness (QED) is 0.817. The molecule has 0 atom stereocenters. The highest BCUT2D eigenvalue weighted by Crippen LogP contribution is 2.44. The van der Waals surface area contributed by atoms with E-state index < -0.39 is 0 Å². The zero-order valence-corrected chi connectivity index (χ0v) is 11.8. The van der Waals surface area contributed by atoms with Crippen molar-refractivity contribution in [1.29, 1.82) is 0 Å². The third-order valence-electron chi connectivity index (χ3n) is 4.09. The molecule has 0 aliphatic heterocycles. The lowest BCUT2D eigenvalue weighted by Gasteiger charge is -2.22. The second-order valence-electron chi connectivity index (χ2n) is 5.79. The van der Waals surface area contributed by atoms with Crippen LogP contribution >= 0.6 is 0 Å². The van der Waals surface area contributed by atoms with E-state index in [9.17, 15) is 4.79 Å². The number of hydrogen-bond donors (Lipinski definition) is 1. The standard InChI is InChI=1S/C16H24N2O/c1-18(13-16(12-17)10-11-16)15(19)9-5-8-14-6-3-2-4-7-14/h2-4,6-7H,5,8-13,17H2,1H3. The number of benzene rings is 1. The minimum absolute atomic E-state index is 0.240. The molecule has 1 aromatic carbocycles. The maximum Gasteiger partial charge on any atom is 0.222 e. The van der Waals surface area contributed by atoms with Gasteiger partial charge in [-0.05, 0) is 37.8 Å². The molecule has 0 heterocycles. The van der Waals surface area contributed by atoms with E-state index in [4.69, 9.17) is 5.73 Å². The minimum atomic E-state index is 0.240. The first-order chi connectivity index (χ1) is 9.15. The lowest BCUT2D eigenvalue weighted by atomic mass is 10.1. The lowest BCUT2D eigenvalue weighted by molar-refractivity contribution is -0.130. The first-order valence-corrected chi connectivity index (χ1v) is 7.13. The van der Waals surface area contributed by atoms with Crippen LogP contribution < -0.4 is 5.73 Å². The van der Waals surface area contributed by atoms with Crippen molar-refractivity contribution >= 4 is 5.91 Å². The molecular weight excluding hydrogens is 236 g/mol. The number of carbonyl (C=O) groups is 1. The average Bonchev–Trinajstić information content (AvgIpc) is 3.20. The Hall–Kier alpha value is -1.35. The fourth-order valence-electron chi connectivity index (χ4n) is 2.47. The van der Waals surface area contributed by atoms with Gasteiger partial charge in [0.1, 0.15) is 0 Å². The molecular formula is C16H24N2O. The molecule has 0 saturated heterocycles. The molecule has 2 rings (SSSR count). The molecule has 104 valence electrons. The van der Waals surface area contributed by atoms with Crippen molar-refractivity contribution in [2.24, 2.45) is 11.1 Å². The van der Waals surface area contributed by atoms with Crippen LogP contribution in [0.5, 0.6) is 0 Å². The number of nitrogens with two attached hydrogens (primary N) is 1. The Morgan fingerprint density at radius 1 is 1.32 bits per heavy atom. The van der Waals surface area contributed by atoms with Crippen molar-refractivity contribution in [1.82, 2.24) is 4.90 Å². The molecule has 1 aliphatic carbocycles. The predicted octanol–water partition coefficient (Wildman–Crippen LogP) is 2.21. The summed E-state index contributed by atoms with van der Waals surface area (Å²) in [5.74, 6) is 0.246.